The normalized spacial score (nSPS) is 11.2. The van der Waals surface area contributed by atoms with E-state index in [9.17, 15) is 0 Å². The molecule has 3 aromatic heterocycles. The van der Waals surface area contributed by atoms with E-state index >= 15 is 0 Å². The van der Waals surface area contributed by atoms with Gasteiger partial charge in [0.25, 0.3) is 5.89 Å². The molecule has 31 heavy (non-hydrogen) atoms. The van der Waals surface area contributed by atoms with Crippen molar-refractivity contribution in [1.82, 2.24) is 30.1 Å². The molecule has 0 aliphatic carbocycles. The average Bonchev–Trinajstić information content (AvgIpc) is 3.49. The lowest BCUT2D eigenvalue weighted by atomic mass is 10.1. The molecule has 5 rings (SSSR count). The number of oxazole rings is 1. The van der Waals surface area contributed by atoms with Gasteiger partial charge >= 0.3 is 0 Å². The van der Waals surface area contributed by atoms with Gasteiger partial charge < -0.3 is 8.94 Å². The number of hydrogen-bond donors (Lipinski definition) is 0. The molecule has 8 heteroatoms. The fourth-order valence-corrected chi connectivity index (χ4v) is 3.38. The lowest BCUT2D eigenvalue weighted by Crippen LogP contribution is -2.05. The van der Waals surface area contributed by atoms with Crippen LogP contribution in [0.4, 0.5) is 0 Å². The van der Waals surface area contributed by atoms with Gasteiger partial charge in [0.2, 0.25) is 11.7 Å². The standard InChI is InChI=1S/C23H20N6O2/c1-14-9-7-8-12-18(14)21-25-23(31-27-21)20-15(2)29(28-26-20)13-19-16(3)30-22(24-19)17-10-5-4-6-11-17/h4-12H,13H2,1-3H3. The van der Waals surface area contributed by atoms with Crippen molar-refractivity contribution in [3.05, 3.63) is 77.3 Å². The molecule has 0 amide bonds. The van der Waals surface area contributed by atoms with Gasteiger partial charge in [0.1, 0.15) is 11.5 Å². The van der Waals surface area contributed by atoms with E-state index in [0.717, 1.165) is 33.8 Å². The lowest BCUT2D eigenvalue weighted by molar-refractivity contribution is 0.430. The Kier molecular flexibility index (Phi) is 4.66. The fourth-order valence-electron chi connectivity index (χ4n) is 3.38. The van der Waals surface area contributed by atoms with Crippen molar-refractivity contribution in [2.24, 2.45) is 0 Å². The van der Waals surface area contributed by atoms with E-state index in [2.05, 4.69) is 25.4 Å². The molecule has 0 aliphatic rings. The summed E-state index contributed by atoms with van der Waals surface area (Å²) in [7, 11) is 0. The number of aromatic nitrogens is 6. The Morgan fingerprint density at radius 1 is 0.871 bits per heavy atom. The van der Waals surface area contributed by atoms with Gasteiger partial charge in [-0.15, -0.1) is 5.10 Å². The molecule has 0 bridgehead atoms. The van der Waals surface area contributed by atoms with Crippen molar-refractivity contribution < 1.29 is 8.94 Å². The van der Waals surface area contributed by atoms with Crippen molar-refractivity contribution in [3.8, 4) is 34.4 Å². The SMILES string of the molecule is Cc1ccccc1-c1noc(-c2nnn(Cc3nc(-c4ccccc4)oc3C)c2C)n1. The van der Waals surface area contributed by atoms with E-state index in [4.69, 9.17) is 8.94 Å². The maximum Gasteiger partial charge on any atom is 0.280 e. The van der Waals surface area contributed by atoms with Crippen LogP contribution in [-0.4, -0.2) is 30.1 Å². The Hall–Kier alpha value is -4.07. The first-order valence-electron chi connectivity index (χ1n) is 9.92. The summed E-state index contributed by atoms with van der Waals surface area (Å²) in [5, 5.41) is 12.7. The lowest BCUT2D eigenvalue weighted by Gasteiger charge is -2.00. The van der Waals surface area contributed by atoms with Gasteiger partial charge in [0.05, 0.1) is 12.2 Å². The van der Waals surface area contributed by atoms with Crippen LogP contribution in [0.3, 0.4) is 0 Å². The van der Waals surface area contributed by atoms with E-state index < -0.39 is 0 Å². The third-order valence-electron chi connectivity index (χ3n) is 5.21. The van der Waals surface area contributed by atoms with Gasteiger partial charge in [0, 0.05) is 11.1 Å². The molecule has 154 valence electrons. The highest BCUT2D eigenvalue weighted by atomic mass is 16.5. The minimum Gasteiger partial charge on any atom is -0.441 e. The maximum atomic E-state index is 5.85. The second-order valence-corrected chi connectivity index (χ2v) is 7.31. The largest absolute Gasteiger partial charge is 0.441 e. The van der Waals surface area contributed by atoms with Gasteiger partial charge in [-0.25, -0.2) is 9.67 Å². The zero-order chi connectivity index (χ0) is 21.4. The van der Waals surface area contributed by atoms with Crippen LogP contribution >= 0.6 is 0 Å². The first-order valence-corrected chi connectivity index (χ1v) is 9.92. The maximum absolute atomic E-state index is 5.85. The van der Waals surface area contributed by atoms with Gasteiger partial charge in [-0.05, 0) is 38.5 Å². The molecule has 5 aromatic rings. The second-order valence-electron chi connectivity index (χ2n) is 7.31. The van der Waals surface area contributed by atoms with E-state index in [1.54, 1.807) is 4.68 Å². The van der Waals surface area contributed by atoms with Gasteiger partial charge in [0.15, 0.2) is 5.69 Å². The predicted molar refractivity (Wildman–Crippen MR) is 114 cm³/mol. The third-order valence-corrected chi connectivity index (χ3v) is 5.21. The number of nitrogens with zero attached hydrogens (tertiary/aromatic N) is 6. The molecule has 0 atom stereocenters. The van der Waals surface area contributed by atoms with Crippen LogP contribution in [0.15, 0.2) is 63.5 Å². The third kappa shape index (κ3) is 3.52. The molecule has 0 fully saturated rings. The highest BCUT2D eigenvalue weighted by Gasteiger charge is 2.20. The first-order chi connectivity index (χ1) is 15.1. The number of rotatable bonds is 5. The van der Waals surface area contributed by atoms with Gasteiger partial charge in [-0.3, -0.25) is 0 Å². The molecule has 0 spiro atoms. The summed E-state index contributed by atoms with van der Waals surface area (Å²) < 4.78 is 13.1. The Bertz CT molecular complexity index is 1350. The molecule has 0 aliphatic heterocycles. The number of benzene rings is 2. The van der Waals surface area contributed by atoms with Crippen LogP contribution in [0.5, 0.6) is 0 Å². The summed E-state index contributed by atoms with van der Waals surface area (Å²) in [4.78, 5) is 9.17. The van der Waals surface area contributed by atoms with Crippen LogP contribution in [0, 0.1) is 20.8 Å². The van der Waals surface area contributed by atoms with Crippen molar-refractivity contribution in [1.29, 1.82) is 0 Å². The monoisotopic (exact) mass is 412 g/mol. The molecule has 3 heterocycles. The van der Waals surface area contributed by atoms with Crippen LogP contribution in [0.25, 0.3) is 34.4 Å². The fraction of sp³-hybridized carbons (Fsp3) is 0.174. The minimum absolute atomic E-state index is 0.337. The average molecular weight is 412 g/mol. The predicted octanol–water partition coefficient (Wildman–Crippen LogP) is 4.62. The molecule has 0 unspecified atom stereocenters. The molecule has 0 saturated carbocycles. The molecule has 8 nitrogen and oxygen atoms in total. The highest BCUT2D eigenvalue weighted by Crippen LogP contribution is 2.26. The molecule has 0 radical (unpaired) electrons. The van der Waals surface area contributed by atoms with E-state index in [1.807, 2.05) is 75.4 Å². The van der Waals surface area contributed by atoms with Gasteiger partial charge in [-0.2, -0.15) is 4.98 Å². The van der Waals surface area contributed by atoms with E-state index in [1.165, 1.54) is 0 Å². The summed E-state index contributed by atoms with van der Waals surface area (Å²) in [6.45, 7) is 6.26. The minimum atomic E-state index is 0.337. The summed E-state index contributed by atoms with van der Waals surface area (Å²) in [6, 6.07) is 17.7. The number of hydrogen-bond acceptors (Lipinski definition) is 7. The van der Waals surface area contributed by atoms with Gasteiger partial charge in [-0.1, -0.05) is 52.8 Å². The van der Waals surface area contributed by atoms with Crippen LogP contribution in [0.2, 0.25) is 0 Å². The molecular formula is C23H20N6O2. The van der Waals surface area contributed by atoms with Crippen LogP contribution in [0.1, 0.15) is 22.7 Å². The zero-order valence-corrected chi connectivity index (χ0v) is 17.4. The Labute approximate surface area is 178 Å². The summed E-state index contributed by atoms with van der Waals surface area (Å²) >= 11 is 0. The summed E-state index contributed by atoms with van der Waals surface area (Å²) in [5.41, 5.74) is 5.09. The number of aryl methyl sites for hydroxylation is 2. The smallest absolute Gasteiger partial charge is 0.280 e. The van der Waals surface area contributed by atoms with E-state index in [-0.39, 0.29) is 0 Å². The molecule has 0 N–H and O–H groups in total. The van der Waals surface area contributed by atoms with Crippen molar-refractivity contribution in [2.45, 2.75) is 27.3 Å². The van der Waals surface area contributed by atoms with Crippen LogP contribution in [-0.2, 0) is 6.54 Å². The van der Waals surface area contributed by atoms with Crippen molar-refractivity contribution in [3.63, 3.8) is 0 Å². The summed E-state index contributed by atoms with van der Waals surface area (Å²) in [5.74, 6) is 2.20. The van der Waals surface area contributed by atoms with Crippen molar-refractivity contribution in [2.75, 3.05) is 0 Å². The highest BCUT2D eigenvalue weighted by molar-refractivity contribution is 5.62. The zero-order valence-electron chi connectivity index (χ0n) is 17.4. The Morgan fingerprint density at radius 2 is 1.65 bits per heavy atom. The molecule has 2 aromatic carbocycles. The van der Waals surface area contributed by atoms with Crippen LogP contribution < -0.4 is 0 Å². The quantitative estimate of drug-likeness (QED) is 0.415. The second kappa shape index (κ2) is 7.64. The molecular weight excluding hydrogens is 392 g/mol. The molecule has 0 saturated heterocycles. The van der Waals surface area contributed by atoms with E-state index in [0.29, 0.717) is 29.8 Å². The Balaban J connectivity index is 1.42. The topological polar surface area (TPSA) is 95.7 Å². The first kappa shape index (κ1) is 18.9. The Morgan fingerprint density at radius 3 is 2.45 bits per heavy atom. The van der Waals surface area contributed by atoms with Crippen molar-refractivity contribution >= 4 is 0 Å². The summed E-state index contributed by atoms with van der Waals surface area (Å²) in [6.07, 6.45) is 0.